The Balaban J connectivity index is 1.87. The van der Waals surface area contributed by atoms with Crippen LogP contribution in [0.15, 0.2) is 18.2 Å². The Labute approximate surface area is 116 Å². The minimum atomic E-state index is 0.702. The number of ether oxygens (including phenoxy) is 1. The van der Waals surface area contributed by atoms with E-state index in [-0.39, 0.29) is 0 Å². The molecule has 0 bridgehead atoms. The molecule has 1 aromatic rings. The highest BCUT2D eigenvalue weighted by Gasteiger charge is 2.22. The van der Waals surface area contributed by atoms with Crippen LogP contribution in [0, 0.1) is 0 Å². The summed E-state index contributed by atoms with van der Waals surface area (Å²) < 4.78 is 5.60. The average Bonchev–Trinajstić information content (AvgIpc) is 3.02. The lowest BCUT2D eigenvalue weighted by Gasteiger charge is -2.25. The smallest absolute Gasteiger partial charge is 0.122 e. The number of methoxy groups -OCH3 is 1. The van der Waals surface area contributed by atoms with Crippen molar-refractivity contribution >= 4 is 0 Å². The summed E-state index contributed by atoms with van der Waals surface area (Å²) in [5.74, 6) is 2.52. The number of hydrogen-bond donors (Lipinski definition) is 1. The maximum absolute atomic E-state index is 5.60. The van der Waals surface area contributed by atoms with E-state index in [9.17, 15) is 0 Å². The maximum atomic E-state index is 5.60. The van der Waals surface area contributed by atoms with Crippen molar-refractivity contribution in [2.24, 2.45) is 0 Å². The van der Waals surface area contributed by atoms with E-state index in [0.717, 1.165) is 24.8 Å². The number of hydrogen-bond acceptors (Lipinski definition) is 2. The van der Waals surface area contributed by atoms with Gasteiger partial charge in [-0.3, -0.25) is 0 Å². The van der Waals surface area contributed by atoms with Gasteiger partial charge in [-0.05, 0) is 54.8 Å². The van der Waals surface area contributed by atoms with E-state index in [1.54, 1.807) is 7.11 Å². The zero-order chi connectivity index (χ0) is 13.1. The second kappa shape index (κ2) is 5.96. The van der Waals surface area contributed by atoms with Crippen molar-refractivity contribution in [1.82, 2.24) is 5.32 Å². The van der Waals surface area contributed by atoms with Gasteiger partial charge in [-0.1, -0.05) is 31.4 Å². The Morgan fingerprint density at radius 1 is 1.05 bits per heavy atom. The lowest BCUT2D eigenvalue weighted by atomic mass is 9.82. The SMILES string of the molecule is COc1ccc(C2CCNC2)cc1C1CCCCC1. The molecular weight excluding hydrogens is 234 g/mol. The molecule has 1 N–H and O–H groups in total. The van der Waals surface area contributed by atoms with Gasteiger partial charge in [0.05, 0.1) is 7.11 Å². The Morgan fingerprint density at radius 3 is 2.58 bits per heavy atom. The molecule has 0 radical (unpaired) electrons. The summed E-state index contributed by atoms with van der Waals surface area (Å²) in [4.78, 5) is 0. The Hall–Kier alpha value is -1.02. The summed E-state index contributed by atoms with van der Waals surface area (Å²) in [5, 5.41) is 3.47. The second-order valence-corrected chi connectivity index (χ2v) is 6.03. The van der Waals surface area contributed by atoms with Crippen molar-refractivity contribution in [3.63, 3.8) is 0 Å². The third kappa shape index (κ3) is 2.79. The van der Waals surface area contributed by atoms with E-state index in [2.05, 4.69) is 23.5 Å². The second-order valence-electron chi connectivity index (χ2n) is 6.03. The third-order valence-corrected chi connectivity index (χ3v) is 4.83. The molecule has 1 unspecified atom stereocenters. The number of nitrogens with one attached hydrogen (secondary N) is 1. The van der Waals surface area contributed by atoms with Crippen LogP contribution in [0.5, 0.6) is 5.75 Å². The first-order chi connectivity index (χ1) is 9.38. The topological polar surface area (TPSA) is 21.3 Å². The molecule has 0 amide bonds. The van der Waals surface area contributed by atoms with Crippen LogP contribution in [-0.2, 0) is 0 Å². The summed E-state index contributed by atoms with van der Waals surface area (Å²) in [5.41, 5.74) is 2.97. The molecule has 0 spiro atoms. The van der Waals surface area contributed by atoms with Crippen molar-refractivity contribution in [3.05, 3.63) is 29.3 Å². The quantitative estimate of drug-likeness (QED) is 0.891. The van der Waals surface area contributed by atoms with Crippen molar-refractivity contribution in [2.75, 3.05) is 20.2 Å². The fourth-order valence-electron chi connectivity index (χ4n) is 3.68. The first kappa shape index (κ1) is 13.0. The largest absolute Gasteiger partial charge is 0.496 e. The van der Waals surface area contributed by atoms with Gasteiger partial charge in [-0.15, -0.1) is 0 Å². The normalized spacial score (nSPS) is 24.6. The van der Waals surface area contributed by atoms with Crippen molar-refractivity contribution in [3.8, 4) is 5.75 Å². The summed E-state index contributed by atoms with van der Waals surface area (Å²) >= 11 is 0. The minimum Gasteiger partial charge on any atom is -0.496 e. The van der Waals surface area contributed by atoms with E-state index < -0.39 is 0 Å². The Bertz CT molecular complexity index is 417. The Morgan fingerprint density at radius 2 is 1.89 bits per heavy atom. The van der Waals surface area contributed by atoms with Crippen LogP contribution in [0.3, 0.4) is 0 Å². The molecule has 104 valence electrons. The molecule has 0 aromatic heterocycles. The number of rotatable bonds is 3. The first-order valence-electron chi connectivity index (χ1n) is 7.77. The molecule has 2 heteroatoms. The summed E-state index contributed by atoms with van der Waals surface area (Å²) in [6.45, 7) is 2.30. The van der Waals surface area contributed by atoms with Gasteiger partial charge in [0.25, 0.3) is 0 Å². The van der Waals surface area contributed by atoms with Crippen molar-refractivity contribution in [2.45, 2.75) is 50.4 Å². The molecule has 3 rings (SSSR count). The van der Waals surface area contributed by atoms with Crippen LogP contribution >= 0.6 is 0 Å². The van der Waals surface area contributed by atoms with Gasteiger partial charge in [0.15, 0.2) is 0 Å². The van der Waals surface area contributed by atoms with Crippen LogP contribution < -0.4 is 10.1 Å². The first-order valence-corrected chi connectivity index (χ1v) is 7.77. The van der Waals surface area contributed by atoms with Crippen LogP contribution in [0.4, 0.5) is 0 Å². The molecule has 1 heterocycles. The van der Waals surface area contributed by atoms with E-state index in [1.807, 2.05) is 0 Å². The Kier molecular flexibility index (Phi) is 4.07. The fraction of sp³-hybridized carbons (Fsp3) is 0.647. The molecule has 2 fully saturated rings. The van der Waals surface area contributed by atoms with E-state index >= 15 is 0 Å². The van der Waals surface area contributed by atoms with E-state index in [4.69, 9.17) is 4.74 Å². The fourth-order valence-corrected chi connectivity index (χ4v) is 3.68. The van der Waals surface area contributed by atoms with Gasteiger partial charge in [-0.25, -0.2) is 0 Å². The highest BCUT2D eigenvalue weighted by molar-refractivity contribution is 5.41. The zero-order valence-corrected chi connectivity index (χ0v) is 12.0. The molecule has 2 aliphatic rings. The molecular formula is C17H25NO. The summed E-state index contributed by atoms with van der Waals surface area (Å²) in [7, 11) is 1.80. The van der Waals surface area contributed by atoms with E-state index in [1.165, 1.54) is 49.7 Å². The van der Waals surface area contributed by atoms with Crippen molar-refractivity contribution in [1.29, 1.82) is 0 Å². The third-order valence-electron chi connectivity index (χ3n) is 4.83. The van der Waals surface area contributed by atoms with Crippen LogP contribution in [0.25, 0.3) is 0 Å². The van der Waals surface area contributed by atoms with Gasteiger partial charge in [0.2, 0.25) is 0 Å². The highest BCUT2D eigenvalue weighted by atomic mass is 16.5. The predicted molar refractivity (Wildman–Crippen MR) is 79.0 cm³/mol. The maximum Gasteiger partial charge on any atom is 0.122 e. The predicted octanol–water partition coefficient (Wildman–Crippen LogP) is 3.82. The number of benzene rings is 1. The van der Waals surface area contributed by atoms with Crippen LogP contribution in [0.1, 0.15) is 61.5 Å². The molecule has 19 heavy (non-hydrogen) atoms. The van der Waals surface area contributed by atoms with Crippen LogP contribution in [-0.4, -0.2) is 20.2 Å². The molecule has 1 aliphatic heterocycles. The van der Waals surface area contributed by atoms with Gasteiger partial charge >= 0.3 is 0 Å². The summed E-state index contributed by atoms with van der Waals surface area (Å²) in [6.07, 6.45) is 8.11. The average molecular weight is 259 g/mol. The van der Waals surface area contributed by atoms with Gasteiger partial charge in [-0.2, -0.15) is 0 Å². The van der Waals surface area contributed by atoms with E-state index in [0.29, 0.717) is 5.92 Å². The van der Waals surface area contributed by atoms with Gasteiger partial charge in [0.1, 0.15) is 5.75 Å². The van der Waals surface area contributed by atoms with Crippen molar-refractivity contribution < 1.29 is 4.74 Å². The van der Waals surface area contributed by atoms with Crippen LogP contribution in [0.2, 0.25) is 0 Å². The summed E-state index contributed by atoms with van der Waals surface area (Å²) in [6, 6.07) is 6.90. The zero-order valence-electron chi connectivity index (χ0n) is 12.0. The molecule has 1 saturated heterocycles. The molecule has 1 aromatic carbocycles. The van der Waals surface area contributed by atoms with Gasteiger partial charge in [0, 0.05) is 6.54 Å². The monoisotopic (exact) mass is 259 g/mol. The molecule has 1 atom stereocenters. The molecule has 1 saturated carbocycles. The highest BCUT2D eigenvalue weighted by Crippen LogP contribution is 2.39. The molecule has 2 nitrogen and oxygen atoms in total. The lowest BCUT2D eigenvalue weighted by molar-refractivity contribution is 0.386. The standard InChI is InChI=1S/C17H25NO/c1-19-17-8-7-14(15-9-10-18-12-15)11-16(17)13-5-3-2-4-6-13/h7-8,11,13,15,18H,2-6,9-10,12H2,1H3. The molecule has 1 aliphatic carbocycles. The lowest BCUT2D eigenvalue weighted by Crippen LogP contribution is -2.10. The minimum absolute atomic E-state index is 0.702. The van der Waals surface area contributed by atoms with Gasteiger partial charge < -0.3 is 10.1 Å².